The van der Waals surface area contributed by atoms with Crippen molar-refractivity contribution in [3.63, 3.8) is 0 Å². The van der Waals surface area contributed by atoms with E-state index in [0.29, 0.717) is 13.1 Å². The van der Waals surface area contributed by atoms with Gasteiger partial charge in [0.1, 0.15) is 17.6 Å². The van der Waals surface area contributed by atoms with Crippen molar-refractivity contribution in [1.82, 2.24) is 24.4 Å². The highest BCUT2D eigenvalue weighted by Crippen LogP contribution is 2.29. The molecule has 110 valence electrons. The van der Waals surface area contributed by atoms with Gasteiger partial charge in [-0.15, -0.1) is 0 Å². The first-order valence-corrected chi connectivity index (χ1v) is 7.21. The maximum absolute atomic E-state index is 11.9. The molecule has 0 spiro atoms. The number of fused-ring (bicyclic) bond motifs is 3. The van der Waals surface area contributed by atoms with Gasteiger partial charge < -0.3 is 14.5 Å². The van der Waals surface area contributed by atoms with Crippen LogP contribution >= 0.6 is 0 Å². The molecular weight excluding hydrogens is 280 g/mol. The van der Waals surface area contributed by atoms with Gasteiger partial charge in [0.25, 0.3) is 0 Å². The lowest BCUT2D eigenvalue weighted by Crippen LogP contribution is -2.28. The first kappa shape index (κ1) is 12.8. The van der Waals surface area contributed by atoms with Crippen LogP contribution in [0.15, 0.2) is 24.8 Å². The molecule has 1 N–H and O–H groups in total. The maximum atomic E-state index is 11.9. The topological polar surface area (TPSA) is 90.6 Å². The predicted octanol–water partition coefficient (Wildman–Crippen LogP) is 1.60. The Morgan fingerprint density at radius 2 is 2.41 bits per heavy atom. The number of hydrogen-bond acceptors (Lipinski definition) is 4. The van der Waals surface area contributed by atoms with Crippen LogP contribution in [0.4, 0.5) is 0 Å². The second-order valence-corrected chi connectivity index (χ2v) is 5.50. The molecule has 1 amide bonds. The van der Waals surface area contributed by atoms with Gasteiger partial charge in [0, 0.05) is 24.7 Å². The molecule has 0 bridgehead atoms. The van der Waals surface area contributed by atoms with Crippen LogP contribution < -0.4 is 0 Å². The number of aromatic amines is 1. The predicted molar refractivity (Wildman–Crippen MR) is 79.8 cm³/mol. The van der Waals surface area contributed by atoms with E-state index in [1.807, 2.05) is 24.7 Å². The zero-order valence-electron chi connectivity index (χ0n) is 11.9. The molecule has 4 heterocycles. The van der Waals surface area contributed by atoms with Crippen LogP contribution in [-0.2, 0) is 4.79 Å². The lowest BCUT2D eigenvalue weighted by Gasteiger charge is -2.16. The van der Waals surface area contributed by atoms with Crippen molar-refractivity contribution in [2.45, 2.75) is 18.9 Å². The minimum atomic E-state index is -0.0946. The summed E-state index contributed by atoms with van der Waals surface area (Å²) in [4.78, 5) is 25.5. The molecule has 1 atom stereocenters. The molecule has 1 aliphatic heterocycles. The Morgan fingerprint density at radius 3 is 3.27 bits per heavy atom. The van der Waals surface area contributed by atoms with Gasteiger partial charge in [-0.05, 0) is 12.5 Å². The molecule has 22 heavy (non-hydrogen) atoms. The van der Waals surface area contributed by atoms with Crippen LogP contribution in [0.25, 0.3) is 22.1 Å². The third-order valence-corrected chi connectivity index (χ3v) is 4.26. The Balaban J connectivity index is 1.72. The van der Waals surface area contributed by atoms with Gasteiger partial charge in [-0.25, -0.2) is 9.97 Å². The Morgan fingerprint density at radius 1 is 1.50 bits per heavy atom. The number of H-pyrrole nitrogens is 1. The van der Waals surface area contributed by atoms with E-state index in [1.165, 1.54) is 0 Å². The number of imidazole rings is 1. The van der Waals surface area contributed by atoms with E-state index in [9.17, 15) is 4.79 Å². The smallest absolute Gasteiger partial charge is 0.236 e. The minimum Gasteiger partial charge on any atom is -0.346 e. The number of likely N-dealkylation sites (tertiary alicyclic amines) is 1. The lowest BCUT2D eigenvalue weighted by atomic mass is 10.2. The van der Waals surface area contributed by atoms with Gasteiger partial charge >= 0.3 is 0 Å². The number of amides is 1. The monoisotopic (exact) mass is 294 g/mol. The van der Waals surface area contributed by atoms with Crippen molar-refractivity contribution < 1.29 is 4.79 Å². The largest absolute Gasteiger partial charge is 0.346 e. The number of pyridine rings is 1. The van der Waals surface area contributed by atoms with Gasteiger partial charge in [0.2, 0.25) is 5.91 Å². The summed E-state index contributed by atoms with van der Waals surface area (Å²) >= 11 is 0. The van der Waals surface area contributed by atoms with Crippen LogP contribution in [0.5, 0.6) is 0 Å². The molecule has 1 fully saturated rings. The Labute approximate surface area is 126 Å². The highest BCUT2D eigenvalue weighted by molar-refractivity contribution is 6.01. The number of aromatic nitrogens is 4. The first-order chi connectivity index (χ1) is 10.8. The molecule has 0 saturated carbocycles. The average molecular weight is 294 g/mol. The van der Waals surface area contributed by atoms with E-state index in [4.69, 9.17) is 5.26 Å². The molecular formula is C15H14N6O. The molecule has 7 heteroatoms. The molecule has 1 saturated heterocycles. The summed E-state index contributed by atoms with van der Waals surface area (Å²) in [6.07, 6.45) is 6.27. The van der Waals surface area contributed by atoms with E-state index in [0.717, 1.165) is 28.5 Å². The molecule has 1 aliphatic rings. The van der Waals surface area contributed by atoms with Crippen molar-refractivity contribution >= 4 is 28.0 Å². The van der Waals surface area contributed by atoms with E-state index >= 15 is 0 Å². The number of rotatable bonds is 2. The molecule has 7 nitrogen and oxygen atoms in total. The lowest BCUT2D eigenvalue weighted by molar-refractivity contribution is -0.129. The van der Waals surface area contributed by atoms with Gasteiger partial charge in [-0.2, -0.15) is 5.26 Å². The molecule has 0 aliphatic carbocycles. The molecule has 0 unspecified atom stereocenters. The van der Waals surface area contributed by atoms with Crippen molar-refractivity contribution in [2.75, 3.05) is 13.1 Å². The van der Waals surface area contributed by atoms with Crippen molar-refractivity contribution in [2.24, 2.45) is 0 Å². The molecule has 0 radical (unpaired) electrons. The minimum absolute atomic E-state index is 0.0522. The number of hydrogen-bond donors (Lipinski definition) is 1. The highest BCUT2D eigenvalue weighted by Gasteiger charge is 2.28. The van der Waals surface area contributed by atoms with E-state index in [1.54, 1.807) is 11.1 Å². The fourth-order valence-electron chi connectivity index (χ4n) is 3.18. The Hall–Kier alpha value is -2.88. The van der Waals surface area contributed by atoms with Crippen LogP contribution in [0.2, 0.25) is 0 Å². The molecule has 4 rings (SSSR count). The van der Waals surface area contributed by atoms with Crippen molar-refractivity contribution in [1.29, 1.82) is 5.26 Å². The summed E-state index contributed by atoms with van der Waals surface area (Å²) in [5.41, 5.74) is 2.74. The normalized spacial score (nSPS) is 18.1. The number of nitrogens with zero attached hydrogens (tertiary/aromatic N) is 5. The van der Waals surface area contributed by atoms with E-state index in [-0.39, 0.29) is 18.4 Å². The average Bonchev–Trinajstić information content (AvgIpc) is 3.24. The summed E-state index contributed by atoms with van der Waals surface area (Å²) in [5.74, 6) is -0.0946. The van der Waals surface area contributed by atoms with Crippen molar-refractivity contribution in [3.8, 4) is 6.07 Å². The van der Waals surface area contributed by atoms with Crippen LogP contribution in [0, 0.1) is 11.3 Å². The zero-order valence-corrected chi connectivity index (χ0v) is 11.9. The van der Waals surface area contributed by atoms with Gasteiger partial charge in [0.05, 0.1) is 30.2 Å². The fraction of sp³-hybridized carbons (Fsp3) is 0.333. The second-order valence-electron chi connectivity index (χ2n) is 5.50. The first-order valence-electron chi connectivity index (χ1n) is 7.21. The Bertz CT molecular complexity index is 902. The highest BCUT2D eigenvalue weighted by atomic mass is 16.2. The molecule has 3 aromatic heterocycles. The Kier molecular flexibility index (Phi) is 2.82. The van der Waals surface area contributed by atoms with Gasteiger partial charge in [-0.3, -0.25) is 4.79 Å². The van der Waals surface area contributed by atoms with E-state index in [2.05, 4.69) is 19.5 Å². The quantitative estimate of drug-likeness (QED) is 0.777. The summed E-state index contributed by atoms with van der Waals surface area (Å²) in [5, 5.41) is 9.70. The summed E-state index contributed by atoms with van der Waals surface area (Å²) < 4.78 is 2.13. The summed E-state index contributed by atoms with van der Waals surface area (Å²) in [7, 11) is 0. The number of nitriles is 1. The summed E-state index contributed by atoms with van der Waals surface area (Å²) in [6, 6.07) is 4.11. The summed E-state index contributed by atoms with van der Waals surface area (Å²) in [6.45, 7) is 1.31. The SMILES string of the molecule is N#CCC(=O)N1CC[C@@H](n2cnc3cnc4[nH]ccc4c32)C1. The standard InChI is InChI=1S/C15H14N6O/c16-4-1-13(22)20-6-3-10(8-20)21-9-19-12-7-18-15-11(14(12)21)2-5-17-15/h2,5,7,9-10H,1,3,6,8H2,(H,17,18)/t10-/m1/s1. The van der Waals surface area contributed by atoms with Crippen LogP contribution in [-0.4, -0.2) is 43.4 Å². The second kappa shape index (κ2) is 4.84. The van der Waals surface area contributed by atoms with Crippen molar-refractivity contribution in [3.05, 3.63) is 24.8 Å². The maximum Gasteiger partial charge on any atom is 0.236 e. The third kappa shape index (κ3) is 1.84. The third-order valence-electron chi connectivity index (χ3n) is 4.26. The number of carbonyl (C=O) groups is 1. The molecule has 0 aromatic carbocycles. The van der Waals surface area contributed by atoms with Crippen LogP contribution in [0.1, 0.15) is 18.9 Å². The fourth-order valence-corrected chi connectivity index (χ4v) is 3.18. The van der Waals surface area contributed by atoms with Gasteiger partial charge in [0.15, 0.2) is 0 Å². The number of carbonyl (C=O) groups excluding carboxylic acids is 1. The van der Waals surface area contributed by atoms with Gasteiger partial charge in [-0.1, -0.05) is 0 Å². The zero-order chi connectivity index (χ0) is 15.1. The molecule has 3 aromatic rings. The number of nitrogens with one attached hydrogen (secondary N) is 1. The van der Waals surface area contributed by atoms with E-state index < -0.39 is 0 Å². The van der Waals surface area contributed by atoms with Crippen LogP contribution in [0.3, 0.4) is 0 Å².